The van der Waals surface area contributed by atoms with Crippen LogP contribution in [0.5, 0.6) is 0 Å². The fourth-order valence-corrected chi connectivity index (χ4v) is 1.90. The van der Waals surface area contributed by atoms with Crippen molar-refractivity contribution in [2.75, 3.05) is 34.2 Å². The predicted octanol–water partition coefficient (Wildman–Crippen LogP) is 2.54. The van der Waals surface area contributed by atoms with Crippen LogP contribution in [0.2, 0.25) is 10.0 Å². The van der Waals surface area contributed by atoms with Gasteiger partial charge in [0, 0.05) is 32.3 Å². The minimum Gasteiger partial charge on any atom is -0.340 e. The second-order valence-corrected chi connectivity index (χ2v) is 5.36. The second kappa shape index (κ2) is 6.88. The molecule has 20 heavy (non-hydrogen) atoms. The summed E-state index contributed by atoms with van der Waals surface area (Å²) in [5.41, 5.74) is -0.226. The highest BCUT2D eigenvalue weighted by molar-refractivity contribution is 6.44. The largest absolute Gasteiger partial charge is 0.340 e. The third-order valence-corrected chi connectivity index (χ3v) is 3.49. The van der Waals surface area contributed by atoms with Gasteiger partial charge in [-0.3, -0.25) is 14.9 Å². The summed E-state index contributed by atoms with van der Waals surface area (Å²) in [5, 5.41) is 10.8. The number of nitrogens with zero attached hydrogens (tertiary/aromatic N) is 3. The quantitative estimate of drug-likeness (QED) is 0.618. The molecule has 0 fully saturated rings. The molecule has 0 aliphatic heterocycles. The first kappa shape index (κ1) is 16.7. The third kappa shape index (κ3) is 4.06. The summed E-state index contributed by atoms with van der Waals surface area (Å²) in [4.78, 5) is 25.8. The number of carbonyl (C=O) groups excluding carboxylic acids is 1. The summed E-state index contributed by atoms with van der Waals surface area (Å²) in [5.74, 6) is -0.401. The van der Waals surface area contributed by atoms with E-state index >= 15 is 0 Å². The minimum absolute atomic E-state index is 0.00905. The minimum atomic E-state index is -0.612. The van der Waals surface area contributed by atoms with E-state index in [-0.39, 0.29) is 21.3 Å². The normalized spacial score (nSPS) is 10.7. The molecule has 1 rings (SSSR count). The van der Waals surface area contributed by atoms with E-state index in [4.69, 9.17) is 23.2 Å². The number of carbonyl (C=O) groups is 1. The van der Waals surface area contributed by atoms with Gasteiger partial charge in [0.05, 0.1) is 20.5 Å². The predicted molar refractivity (Wildman–Crippen MR) is 78.6 cm³/mol. The summed E-state index contributed by atoms with van der Waals surface area (Å²) in [6, 6.07) is 2.27. The summed E-state index contributed by atoms with van der Waals surface area (Å²) in [6.45, 7) is 1.14. The van der Waals surface area contributed by atoms with Crippen LogP contribution < -0.4 is 0 Å². The maximum atomic E-state index is 12.2. The van der Waals surface area contributed by atoms with Gasteiger partial charge in [-0.05, 0) is 14.1 Å². The molecule has 1 aromatic carbocycles. The highest BCUT2D eigenvalue weighted by atomic mass is 35.5. The van der Waals surface area contributed by atoms with E-state index in [1.807, 2.05) is 19.0 Å². The molecule has 1 aromatic rings. The summed E-state index contributed by atoms with van der Waals surface area (Å²) in [6.07, 6.45) is 0. The molecule has 0 saturated heterocycles. The highest BCUT2D eigenvalue weighted by Crippen LogP contribution is 2.31. The van der Waals surface area contributed by atoms with E-state index in [1.165, 1.54) is 4.90 Å². The molecule has 0 radical (unpaired) electrons. The van der Waals surface area contributed by atoms with Crippen LogP contribution in [0.25, 0.3) is 0 Å². The lowest BCUT2D eigenvalue weighted by Crippen LogP contribution is -2.33. The lowest BCUT2D eigenvalue weighted by atomic mass is 10.1. The number of rotatable bonds is 5. The summed E-state index contributed by atoms with van der Waals surface area (Å²) in [7, 11) is 5.37. The van der Waals surface area contributed by atoms with Crippen molar-refractivity contribution in [2.24, 2.45) is 0 Å². The van der Waals surface area contributed by atoms with Crippen molar-refractivity contribution in [1.29, 1.82) is 0 Å². The van der Waals surface area contributed by atoms with Crippen molar-refractivity contribution >= 4 is 34.8 Å². The number of non-ortho nitro benzene ring substituents is 1. The molecule has 110 valence electrons. The van der Waals surface area contributed by atoms with E-state index < -0.39 is 10.8 Å². The Morgan fingerprint density at radius 1 is 1.25 bits per heavy atom. The maximum Gasteiger partial charge on any atom is 0.271 e. The Hall–Kier alpha value is -1.37. The molecule has 0 N–H and O–H groups in total. The van der Waals surface area contributed by atoms with Gasteiger partial charge in [-0.1, -0.05) is 23.2 Å². The molecule has 0 bridgehead atoms. The molecule has 0 aromatic heterocycles. The second-order valence-electron chi connectivity index (χ2n) is 4.58. The Balaban J connectivity index is 3.05. The zero-order valence-corrected chi connectivity index (χ0v) is 12.9. The van der Waals surface area contributed by atoms with Gasteiger partial charge in [0.25, 0.3) is 11.6 Å². The molecule has 0 unspecified atom stereocenters. The number of likely N-dealkylation sites (N-methyl/N-ethyl adjacent to an activating group) is 2. The van der Waals surface area contributed by atoms with E-state index in [1.54, 1.807) is 7.05 Å². The molecule has 0 spiro atoms. The molecule has 0 aliphatic rings. The Kier molecular flexibility index (Phi) is 5.74. The Morgan fingerprint density at radius 2 is 1.85 bits per heavy atom. The van der Waals surface area contributed by atoms with E-state index in [2.05, 4.69) is 0 Å². The van der Waals surface area contributed by atoms with Crippen LogP contribution in [0.15, 0.2) is 12.1 Å². The zero-order chi connectivity index (χ0) is 15.4. The Morgan fingerprint density at radius 3 is 2.35 bits per heavy atom. The number of hydrogen-bond acceptors (Lipinski definition) is 4. The van der Waals surface area contributed by atoms with E-state index in [9.17, 15) is 14.9 Å². The molecule has 8 heteroatoms. The van der Waals surface area contributed by atoms with Crippen molar-refractivity contribution in [1.82, 2.24) is 9.80 Å². The average Bonchev–Trinajstić information content (AvgIpc) is 2.37. The molecule has 0 aliphatic carbocycles. The Labute approximate surface area is 127 Å². The maximum absolute atomic E-state index is 12.2. The lowest BCUT2D eigenvalue weighted by molar-refractivity contribution is -0.384. The first-order chi connectivity index (χ1) is 9.23. The molecule has 6 nitrogen and oxygen atoms in total. The molecule has 0 atom stereocenters. The zero-order valence-electron chi connectivity index (χ0n) is 11.4. The van der Waals surface area contributed by atoms with Crippen LogP contribution in [0, 0.1) is 10.1 Å². The molecule has 0 saturated carbocycles. The van der Waals surface area contributed by atoms with Crippen LogP contribution in [0.1, 0.15) is 10.4 Å². The summed E-state index contributed by atoms with van der Waals surface area (Å²) < 4.78 is 0. The monoisotopic (exact) mass is 319 g/mol. The topological polar surface area (TPSA) is 66.7 Å². The van der Waals surface area contributed by atoms with Gasteiger partial charge in [0.15, 0.2) is 0 Å². The van der Waals surface area contributed by atoms with Crippen LogP contribution >= 0.6 is 23.2 Å². The highest BCUT2D eigenvalue weighted by Gasteiger charge is 2.21. The number of halogens is 2. The fraction of sp³-hybridized carbons (Fsp3) is 0.417. The molecular formula is C12H15Cl2N3O3. The van der Waals surface area contributed by atoms with Crippen LogP contribution in [-0.4, -0.2) is 54.9 Å². The SMILES string of the molecule is CN(C)CCN(C)C(=O)c1cc([N+](=O)[O-])cc(Cl)c1Cl. The molecule has 1 amide bonds. The standard InChI is InChI=1S/C12H15Cl2N3O3/c1-15(2)4-5-16(3)12(18)9-6-8(17(19)20)7-10(13)11(9)14/h6-7H,4-5H2,1-3H3. The van der Waals surface area contributed by atoms with Gasteiger partial charge in [-0.15, -0.1) is 0 Å². The molecular weight excluding hydrogens is 305 g/mol. The Bertz CT molecular complexity index is 535. The van der Waals surface area contributed by atoms with Crippen LogP contribution in [0.4, 0.5) is 5.69 Å². The average molecular weight is 320 g/mol. The van der Waals surface area contributed by atoms with Gasteiger partial charge in [-0.2, -0.15) is 0 Å². The van der Waals surface area contributed by atoms with Crippen molar-refractivity contribution in [3.05, 3.63) is 37.9 Å². The van der Waals surface area contributed by atoms with Crippen molar-refractivity contribution in [3.8, 4) is 0 Å². The van der Waals surface area contributed by atoms with Gasteiger partial charge in [0.2, 0.25) is 0 Å². The van der Waals surface area contributed by atoms with Crippen molar-refractivity contribution in [3.63, 3.8) is 0 Å². The van der Waals surface area contributed by atoms with E-state index in [0.29, 0.717) is 13.1 Å². The summed E-state index contributed by atoms with van der Waals surface area (Å²) >= 11 is 11.8. The van der Waals surface area contributed by atoms with Crippen molar-refractivity contribution < 1.29 is 9.72 Å². The van der Waals surface area contributed by atoms with Gasteiger partial charge >= 0.3 is 0 Å². The van der Waals surface area contributed by atoms with Gasteiger partial charge in [-0.25, -0.2) is 0 Å². The van der Waals surface area contributed by atoms with Gasteiger partial charge < -0.3 is 9.80 Å². The number of amides is 1. The van der Waals surface area contributed by atoms with Crippen LogP contribution in [-0.2, 0) is 0 Å². The molecule has 0 heterocycles. The third-order valence-electron chi connectivity index (χ3n) is 2.68. The first-order valence-corrected chi connectivity index (χ1v) is 6.53. The number of hydrogen-bond donors (Lipinski definition) is 0. The number of nitro benzene ring substituents is 1. The smallest absolute Gasteiger partial charge is 0.271 e. The number of benzene rings is 1. The van der Waals surface area contributed by atoms with Gasteiger partial charge in [0.1, 0.15) is 0 Å². The number of nitro groups is 1. The first-order valence-electron chi connectivity index (χ1n) is 5.77. The van der Waals surface area contributed by atoms with Crippen molar-refractivity contribution in [2.45, 2.75) is 0 Å². The van der Waals surface area contributed by atoms with E-state index in [0.717, 1.165) is 12.1 Å². The fourth-order valence-electron chi connectivity index (χ4n) is 1.49. The van der Waals surface area contributed by atoms with Crippen LogP contribution in [0.3, 0.4) is 0 Å². The lowest BCUT2D eigenvalue weighted by Gasteiger charge is -2.20.